The van der Waals surface area contributed by atoms with Crippen LogP contribution in [-0.4, -0.2) is 43.9 Å². The summed E-state index contributed by atoms with van der Waals surface area (Å²) in [6.45, 7) is 3.98. The molecule has 0 unspecified atom stereocenters. The van der Waals surface area contributed by atoms with E-state index in [-0.39, 0.29) is 23.4 Å². The lowest BCUT2D eigenvalue weighted by molar-refractivity contribution is -0.124. The van der Waals surface area contributed by atoms with Crippen molar-refractivity contribution in [3.8, 4) is 22.8 Å². The van der Waals surface area contributed by atoms with E-state index in [0.717, 1.165) is 82.2 Å². The average Bonchev–Trinajstić information content (AvgIpc) is 3.70. The Bertz CT molecular complexity index is 1600. The molecule has 6 rings (SSSR count). The number of aryl methyl sites for hydroxylation is 1. The second kappa shape index (κ2) is 11.0. The minimum Gasteiger partial charge on any atom is -0.479 e. The number of halogens is 1. The molecule has 0 bridgehead atoms. The van der Waals surface area contributed by atoms with E-state index >= 15 is 0 Å². The summed E-state index contributed by atoms with van der Waals surface area (Å²) < 4.78 is 10.6. The second-order valence-electron chi connectivity index (χ2n) is 11.3. The smallest absolute Gasteiger partial charge is 0.242 e. The number of nitrogens with zero attached hydrogens (tertiary/aromatic N) is 4. The van der Waals surface area contributed by atoms with E-state index in [0.29, 0.717) is 11.6 Å². The Morgan fingerprint density at radius 1 is 1.24 bits per heavy atom. The van der Waals surface area contributed by atoms with Crippen LogP contribution in [0.5, 0.6) is 5.88 Å². The number of carbonyl (C=O) groups is 1. The third kappa shape index (κ3) is 5.18. The minimum atomic E-state index is -0.214. The van der Waals surface area contributed by atoms with E-state index in [2.05, 4.69) is 61.6 Å². The van der Waals surface area contributed by atoms with Gasteiger partial charge in [-0.25, -0.2) is 4.98 Å². The van der Waals surface area contributed by atoms with Crippen molar-refractivity contribution >= 4 is 50.9 Å². The topological polar surface area (TPSA) is 112 Å². The van der Waals surface area contributed by atoms with E-state index in [1.54, 1.807) is 18.0 Å². The highest BCUT2D eigenvalue weighted by Gasteiger charge is 2.40. The highest BCUT2D eigenvalue weighted by molar-refractivity contribution is 14.1. The van der Waals surface area contributed by atoms with Crippen LogP contribution in [0.4, 0.5) is 11.4 Å². The van der Waals surface area contributed by atoms with Gasteiger partial charge in [0.15, 0.2) is 0 Å². The Hall–Kier alpha value is -3.54. The SMILES string of the molecule is C=CCC1(NC(=O)C2CC2)CCC(Nc2c(N)cnc3c2c(I)c(-c2cn(C)nc2OC)n3-c2ccccc2)CC1. The monoisotopic (exact) mass is 665 g/mol. The predicted octanol–water partition coefficient (Wildman–Crippen LogP) is 5.82. The van der Waals surface area contributed by atoms with E-state index < -0.39 is 0 Å². The standard InChI is InChI=1S/C31H36IN7O2/c1-4-14-31(36-29(40)19-10-11-19)15-12-20(13-16-31)35-26-23(33)17-34-28-24(26)25(32)27(22-18-38(2)37-30(22)41-3)39(28)21-8-6-5-7-9-21/h4-9,17-20H,1,10-16,33H2,2-3H3,(H,34,35)(H,36,40). The molecule has 2 aliphatic carbocycles. The van der Waals surface area contributed by atoms with E-state index in [1.807, 2.05) is 37.5 Å². The third-order valence-electron chi connectivity index (χ3n) is 8.37. The molecular weight excluding hydrogens is 629 g/mol. The zero-order valence-corrected chi connectivity index (χ0v) is 25.6. The molecule has 0 saturated heterocycles. The van der Waals surface area contributed by atoms with Gasteiger partial charge in [-0.15, -0.1) is 11.7 Å². The third-order valence-corrected chi connectivity index (χ3v) is 9.42. The van der Waals surface area contributed by atoms with Crippen LogP contribution in [0.3, 0.4) is 0 Å². The van der Waals surface area contributed by atoms with Crippen molar-refractivity contribution in [2.75, 3.05) is 18.2 Å². The summed E-state index contributed by atoms with van der Waals surface area (Å²) in [7, 11) is 3.53. The second-order valence-corrected chi connectivity index (χ2v) is 12.4. The molecule has 41 heavy (non-hydrogen) atoms. The van der Waals surface area contributed by atoms with Crippen LogP contribution in [0.1, 0.15) is 44.9 Å². The summed E-state index contributed by atoms with van der Waals surface area (Å²) in [5.74, 6) is 0.946. The van der Waals surface area contributed by atoms with Crippen molar-refractivity contribution < 1.29 is 9.53 Å². The first-order valence-corrected chi connectivity index (χ1v) is 15.2. The lowest BCUT2D eigenvalue weighted by Gasteiger charge is -2.41. The molecule has 2 saturated carbocycles. The van der Waals surface area contributed by atoms with Crippen LogP contribution < -0.4 is 21.1 Å². The molecule has 9 nitrogen and oxygen atoms in total. The largest absolute Gasteiger partial charge is 0.479 e. The van der Waals surface area contributed by atoms with Gasteiger partial charge in [-0.1, -0.05) is 24.3 Å². The van der Waals surface area contributed by atoms with Gasteiger partial charge >= 0.3 is 0 Å². The molecule has 4 N–H and O–H groups in total. The Morgan fingerprint density at radius 3 is 2.63 bits per heavy atom. The van der Waals surface area contributed by atoms with Gasteiger partial charge in [-0.3, -0.25) is 14.0 Å². The van der Waals surface area contributed by atoms with Crippen molar-refractivity contribution in [1.82, 2.24) is 24.6 Å². The number of nitrogens with two attached hydrogens (primary N) is 1. The number of methoxy groups -OCH3 is 1. The Balaban J connectivity index is 1.39. The number of rotatable bonds is 9. The van der Waals surface area contributed by atoms with Gasteiger partial charge in [-0.2, -0.15) is 0 Å². The zero-order chi connectivity index (χ0) is 28.7. The molecule has 214 valence electrons. The number of aromatic nitrogens is 4. The number of nitrogen functional groups attached to an aromatic ring is 1. The maximum atomic E-state index is 12.7. The van der Waals surface area contributed by atoms with Crippen molar-refractivity contribution in [3.05, 3.63) is 59.0 Å². The fraction of sp³-hybridized carbons (Fsp3) is 0.387. The van der Waals surface area contributed by atoms with Crippen molar-refractivity contribution in [1.29, 1.82) is 0 Å². The van der Waals surface area contributed by atoms with E-state index in [9.17, 15) is 4.79 Å². The van der Waals surface area contributed by atoms with Gasteiger partial charge in [0.05, 0.1) is 44.9 Å². The van der Waals surface area contributed by atoms with Crippen molar-refractivity contribution in [3.63, 3.8) is 0 Å². The molecule has 2 aliphatic rings. The van der Waals surface area contributed by atoms with Gasteiger partial charge in [0, 0.05) is 36.4 Å². The normalized spacial score (nSPS) is 20.6. The maximum Gasteiger partial charge on any atom is 0.242 e. The number of carbonyl (C=O) groups excluding carboxylic acids is 1. The van der Waals surface area contributed by atoms with Gasteiger partial charge in [0.1, 0.15) is 5.65 Å². The van der Waals surface area contributed by atoms with Crippen LogP contribution in [0, 0.1) is 9.49 Å². The summed E-state index contributed by atoms with van der Waals surface area (Å²) in [6, 6.07) is 10.4. The molecule has 0 spiro atoms. The number of nitrogens with one attached hydrogen (secondary N) is 2. The van der Waals surface area contributed by atoms with Gasteiger partial charge < -0.3 is 21.1 Å². The van der Waals surface area contributed by atoms with Crippen LogP contribution >= 0.6 is 22.6 Å². The Kier molecular flexibility index (Phi) is 7.43. The summed E-state index contributed by atoms with van der Waals surface area (Å²) >= 11 is 2.40. The molecule has 0 aliphatic heterocycles. The van der Waals surface area contributed by atoms with Crippen molar-refractivity contribution in [2.45, 2.75) is 56.5 Å². The lowest BCUT2D eigenvalue weighted by atomic mass is 9.77. The number of hydrogen-bond acceptors (Lipinski definition) is 6. The number of fused-ring (bicyclic) bond motifs is 1. The lowest BCUT2D eigenvalue weighted by Crippen LogP contribution is -2.52. The number of anilines is 2. The summed E-state index contributed by atoms with van der Waals surface area (Å²) in [5.41, 5.74) is 11.5. The first-order valence-electron chi connectivity index (χ1n) is 14.2. The van der Waals surface area contributed by atoms with E-state index in [4.69, 9.17) is 15.5 Å². The average molecular weight is 666 g/mol. The molecule has 1 amide bonds. The Morgan fingerprint density at radius 2 is 1.98 bits per heavy atom. The summed E-state index contributed by atoms with van der Waals surface area (Å²) in [5, 5.41) is 12.7. The number of hydrogen-bond donors (Lipinski definition) is 3. The van der Waals surface area contributed by atoms with Crippen LogP contribution in [0.15, 0.2) is 55.4 Å². The minimum absolute atomic E-state index is 0.195. The quantitative estimate of drug-likeness (QED) is 0.154. The van der Waals surface area contributed by atoms with Gasteiger partial charge in [-0.05, 0) is 79.7 Å². The molecular formula is C31H36IN7O2. The molecule has 4 aromatic rings. The number of ether oxygens (including phenoxy) is 1. The molecule has 0 atom stereocenters. The van der Waals surface area contributed by atoms with Crippen LogP contribution in [0.25, 0.3) is 28.0 Å². The number of pyridine rings is 1. The predicted molar refractivity (Wildman–Crippen MR) is 171 cm³/mol. The fourth-order valence-electron chi connectivity index (χ4n) is 6.10. The van der Waals surface area contributed by atoms with Crippen LogP contribution in [0.2, 0.25) is 0 Å². The first kappa shape index (κ1) is 27.6. The molecule has 0 radical (unpaired) electrons. The van der Waals surface area contributed by atoms with Gasteiger partial charge in [0.2, 0.25) is 11.8 Å². The van der Waals surface area contributed by atoms with E-state index in [1.165, 1.54) is 0 Å². The molecule has 1 aromatic carbocycles. The Labute approximate surface area is 253 Å². The first-order chi connectivity index (χ1) is 19.8. The molecule has 10 heteroatoms. The molecule has 3 aromatic heterocycles. The number of para-hydroxylation sites is 1. The summed E-state index contributed by atoms with van der Waals surface area (Å²) in [4.78, 5) is 17.5. The fourth-order valence-corrected chi connectivity index (χ4v) is 7.15. The molecule has 3 heterocycles. The van der Waals surface area contributed by atoms with Gasteiger partial charge in [0.25, 0.3) is 0 Å². The summed E-state index contributed by atoms with van der Waals surface area (Å²) in [6.07, 6.45) is 12.1. The number of amides is 1. The highest BCUT2D eigenvalue weighted by atomic mass is 127. The number of benzene rings is 1. The zero-order valence-electron chi connectivity index (χ0n) is 23.5. The van der Waals surface area contributed by atoms with Crippen LogP contribution in [-0.2, 0) is 11.8 Å². The van der Waals surface area contributed by atoms with Crippen molar-refractivity contribution in [2.24, 2.45) is 13.0 Å². The highest BCUT2D eigenvalue weighted by Crippen LogP contribution is 2.45. The molecule has 2 fully saturated rings. The maximum absolute atomic E-state index is 12.7.